The van der Waals surface area contributed by atoms with Crippen LogP contribution in [0.3, 0.4) is 0 Å². The first-order valence-corrected chi connectivity index (χ1v) is 8.08. The van der Waals surface area contributed by atoms with E-state index in [-0.39, 0.29) is 0 Å². The van der Waals surface area contributed by atoms with E-state index < -0.39 is 0 Å². The fourth-order valence-corrected chi connectivity index (χ4v) is 4.91. The van der Waals surface area contributed by atoms with Gasteiger partial charge in [-0.15, -0.1) is 0 Å². The Bertz CT molecular complexity index is 283. The van der Waals surface area contributed by atoms with Gasteiger partial charge in [0, 0.05) is 18.6 Å². The average Bonchev–Trinajstić information content (AvgIpc) is 2.90. The lowest BCUT2D eigenvalue weighted by atomic mass is 9.87. The Kier molecular flexibility index (Phi) is 3.68. The van der Waals surface area contributed by atoms with Gasteiger partial charge in [0.05, 0.1) is 0 Å². The van der Waals surface area contributed by atoms with Gasteiger partial charge in [-0.1, -0.05) is 12.8 Å². The minimum atomic E-state index is 0.380. The lowest BCUT2D eigenvalue weighted by Gasteiger charge is -2.39. The Morgan fingerprint density at radius 1 is 1.22 bits per heavy atom. The second-order valence-electron chi connectivity index (χ2n) is 7.58. The Labute approximate surface area is 113 Å². The first-order valence-electron chi connectivity index (χ1n) is 8.08. The van der Waals surface area contributed by atoms with Crippen molar-refractivity contribution >= 4 is 0 Å². The van der Waals surface area contributed by atoms with E-state index in [9.17, 15) is 0 Å². The number of hydrogen-bond donors (Lipinski definition) is 1. The van der Waals surface area contributed by atoms with Crippen molar-refractivity contribution in [2.45, 2.75) is 57.4 Å². The van der Waals surface area contributed by atoms with E-state index in [2.05, 4.69) is 24.2 Å². The highest BCUT2D eigenvalue weighted by Gasteiger charge is 2.40. The van der Waals surface area contributed by atoms with Gasteiger partial charge in [-0.05, 0) is 70.4 Å². The number of nitrogens with zero attached hydrogens (tertiary/aromatic N) is 1. The summed E-state index contributed by atoms with van der Waals surface area (Å²) in [5.74, 6) is 3.18. The Morgan fingerprint density at radius 3 is 2.72 bits per heavy atom. The highest BCUT2D eigenvalue weighted by molar-refractivity contribution is 4.93. The molecular formula is C16H30N2. The number of hydrogen-bond acceptors (Lipinski definition) is 2. The van der Waals surface area contributed by atoms with Crippen molar-refractivity contribution in [1.29, 1.82) is 0 Å². The van der Waals surface area contributed by atoms with Gasteiger partial charge in [-0.2, -0.15) is 0 Å². The van der Waals surface area contributed by atoms with E-state index in [1.165, 1.54) is 58.2 Å². The highest BCUT2D eigenvalue weighted by Crippen LogP contribution is 2.48. The molecule has 4 unspecified atom stereocenters. The minimum Gasteiger partial charge on any atom is -0.310 e. The molecule has 2 heteroatoms. The van der Waals surface area contributed by atoms with Crippen LogP contribution in [-0.2, 0) is 0 Å². The van der Waals surface area contributed by atoms with Crippen LogP contribution in [0.4, 0.5) is 0 Å². The molecule has 0 spiro atoms. The summed E-state index contributed by atoms with van der Waals surface area (Å²) in [5, 5.41) is 3.74. The molecule has 0 aromatic heterocycles. The molecule has 3 rings (SSSR count). The largest absolute Gasteiger partial charge is 0.310 e. The molecule has 1 N–H and O–H groups in total. The van der Waals surface area contributed by atoms with E-state index in [4.69, 9.17) is 0 Å². The van der Waals surface area contributed by atoms with Crippen molar-refractivity contribution in [3.05, 3.63) is 0 Å². The number of fused-ring (bicyclic) bond motifs is 2. The third kappa shape index (κ3) is 2.75. The number of nitrogens with one attached hydrogen (secondary N) is 1. The molecule has 104 valence electrons. The topological polar surface area (TPSA) is 15.3 Å². The molecule has 1 heterocycles. The molecule has 1 saturated heterocycles. The molecule has 0 radical (unpaired) electrons. The Balaban J connectivity index is 1.48. The summed E-state index contributed by atoms with van der Waals surface area (Å²) in [6.07, 6.45) is 10.3. The van der Waals surface area contributed by atoms with Crippen molar-refractivity contribution < 1.29 is 0 Å². The van der Waals surface area contributed by atoms with Crippen molar-refractivity contribution in [3.8, 4) is 0 Å². The third-order valence-corrected chi connectivity index (χ3v) is 5.76. The molecule has 3 aliphatic rings. The SMILES string of the molecule is CN(CC1CC2CCC1C2)CC1(C)CCCCN1. The second kappa shape index (κ2) is 5.13. The molecule has 2 saturated carbocycles. The summed E-state index contributed by atoms with van der Waals surface area (Å²) in [6.45, 7) is 6.22. The van der Waals surface area contributed by atoms with Crippen molar-refractivity contribution in [2.75, 3.05) is 26.7 Å². The van der Waals surface area contributed by atoms with Crippen LogP contribution in [0.15, 0.2) is 0 Å². The molecule has 18 heavy (non-hydrogen) atoms. The summed E-state index contributed by atoms with van der Waals surface area (Å²) < 4.78 is 0. The molecule has 2 nitrogen and oxygen atoms in total. The van der Waals surface area contributed by atoms with Crippen molar-refractivity contribution in [1.82, 2.24) is 10.2 Å². The summed E-state index contributed by atoms with van der Waals surface area (Å²) in [7, 11) is 2.34. The van der Waals surface area contributed by atoms with Crippen LogP contribution in [0, 0.1) is 17.8 Å². The third-order valence-electron chi connectivity index (χ3n) is 5.76. The first kappa shape index (κ1) is 12.9. The maximum Gasteiger partial charge on any atom is 0.0280 e. The predicted octanol–water partition coefficient (Wildman–Crippen LogP) is 2.89. The van der Waals surface area contributed by atoms with Crippen LogP contribution in [0.5, 0.6) is 0 Å². The maximum atomic E-state index is 3.74. The second-order valence-corrected chi connectivity index (χ2v) is 7.58. The highest BCUT2D eigenvalue weighted by atomic mass is 15.1. The van der Waals surface area contributed by atoms with E-state index in [0.717, 1.165) is 17.8 Å². The zero-order chi connectivity index (χ0) is 12.6. The van der Waals surface area contributed by atoms with Crippen LogP contribution >= 0.6 is 0 Å². The quantitative estimate of drug-likeness (QED) is 0.825. The monoisotopic (exact) mass is 250 g/mol. The van der Waals surface area contributed by atoms with Gasteiger partial charge < -0.3 is 10.2 Å². The number of rotatable bonds is 4. The van der Waals surface area contributed by atoms with Gasteiger partial charge in [0.15, 0.2) is 0 Å². The predicted molar refractivity (Wildman–Crippen MR) is 76.7 cm³/mol. The molecule has 4 atom stereocenters. The van der Waals surface area contributed by atoms with Crippen LogP contribution in [0.2, 0.25) is 0 Å². The fourth-order valence-electron chi connectivity index (χ4n) is 4.91. The molecule has 0 aromatic rings. The van der Waals surface area contributed by atoms with Crippen LogP contribution in [-0.4, -0.2) is 37.1 Å². The van der Waals surface area contributed by atoms with Crippen molar-refractivity contribution in [2.24, 2.45) is 17.8 Å². The normalized spacial score (nSPS) is 43.8. The van der Waals surface area contributed by atoms with E-state index in [1.54, 1.807) is 6.42 Å². The smallest absolute Gasteiger partial charge is 0.0280 e. The number of piperidine rings is 1. The molecule has 1 aliphatic heterocycles. The first-order chi connectivity index (χ1) is 8.65. The maximum absolute atomic E-state index is 3.74. The van der Waals surface area contributed by atoms with Gasteiger partial charge in [-0.3, -0.25) is 0 Å². The summed E-state index contributed by atoms with van der Waals surface area (Å²) in [4.78, 5) is 2.61. The van der Waals surface area contributed by atoms with E-state index in [1.807, 2.05) is 0 Å². The molecule has 2 aliphatic carbocycles. The summed E-state index contributed by atoms with van der Waals surface area (Å²) in [6, 6.07) is 0. The van der Waals surface area contributed by atoms with Crippen LogP contribution in [0.1, 0.15) is 51.9 Å². The Morgan fingerprint density at radius 2 is 2.11 bits per heavy atom. The van der Waals surface area contributed by atoms with Gasteiger partial charge >= 0.3 is 0 Å². The van der Waals surface area contributed by atoms with Crippen molar-refractivity contribution in [3.63, 3.8) is 0 Å². The standard InChI is InChI=1S/C16H30N2/c1-16(7-3-4-8-17-16)12-18(2)11-15-10-13-5-6-14(15)9-13/h13-15,17H,3-12H2,1-2H3. The van der Waals surface area contributed by atoms with E-state index in [0.29, 0.717) is 5.54 Å². The van der Waals surface area contributed by atoms with Crippen LogP contribution < -0.4 is 5.32 Å². The molecule has 0 amide bonds. The summed E-state index contributed by atoms with van der Waals surface area (Å²) in [5.41, 5.74) is 0.380. The van der Waals surface area contributed by atoms with Gasteiger partial charge in [-0.25, -0.2) is 0 Å². The Hall–Kier alpha value is -0.0800. The van der Waals surface area contributed by atoms with Gasteiger partial charge in [0.25, 0.3) is 0 Å². The summed E-state index contributed by atoms with van der Waals surface area (Å²) >= 11 is 0. The lowest BCUT2D eigenvalue weighted by Crippen LogP contribution is -2.53. The molecule has 2 bridgehead atoms. The van der Waals surface area contributed by atoms with E-state index >= 15 is 0 Å². The lowest BCUT2D eigenvalue weighted by molar-refractivity contribution is 0.153. The van der Waals surface area contributed by atoms with Gasteiger partial charge in [0.2, 0.25) is 0 Å². The molecule has 0 aromatic carbocycles. The minimum absolute atomic E-state index is 0.380. The average molecular weight is 250 g/mol. The zero-order valence-corrected chi connectivity index (χ0v) is 12.3. The molecular weight excluding hydrogens is 220 g/mol. The molecule has 3 fully saturated rings. The van der Waals surface area contributed by atoms with Crippen LogP contribution in [0.25, 0.3) is 0 Å². The number of likely N-dealkylation sites (N-methyl/N-ethyl adjacent to an activating group) is 1. The fraction of sp³-hybridized carbons (Fsp3) is 1.00. The zero-order valence-electron chi connectivity index (χ0n) is 12.3. The van der Waals surface area contributed by atoms with Gasteiger partial charge in [0.1, 0.15) is 0 Å².